The van der Waals surface area contributed by atoms with Gasteiger partial charge in [0.25, 0.3) is 5.22 Å². The van der Waals surface area contributed by atoms with E-state index in [0.29, 0.717) is 28.6 Å². The first-order valence-corrected chi connectivity index (χ1v) is 9.16. The van der Waals surface area contributed by atoms with E-state index in [0.717, 1.165) is 15.6 Å². The first-order chi connectivity index (χ1) is 12.3. The molecule has 4 aromatic rings. The zero-order valence-electron chi connectivity index (χ0n) is 12.8. The molecule has 8 heteroatoms. The van der Waals surface area contributed by atoms with Gasteiger partial charge in [0.05, 0.1) is 5.75 Å². The summed E-state index contributed by atoms with van der Waals surface area (Å²) in [5, 5.41) is 12.5. The second-order valence-corrected chi connectivity index (χ2v) is 6.89. The lowest BCUT2D eigenvalue weighted by Crippen LogP contribution is -1.82. The number of hydrogen-bond acceptors (Lipinski definition) is 7. The van der Waals surface area contributed by atoms with E-state index in [-0.39, 0.29) is 0 Å². The van der Waals surface area contributed by atoms with Gasteiger partial charge in [0.15, 0.2) is 0 Å². The van der Waals surface area contributed by atoms with E-state index in [1.807, 2.05) is 54.6 Å². The minimum absolute atomic E-state index is 0.456. The minimum Gasteiger partial charge on any atom is -0.411 e. The molecule has 0 saturated carbocycles. The molecule has 0 amide bonds. The summed E-state index contributed by atoms with van der Waals surface area (Å²) in [5.74, 6) is 2.01. The van der Waals surface area contributed by atoms with E-state index in [4.69, 9.17) is 8.94 Å². The second-order valence-electron chi connectivity index (χ2n) is 5.05. The largest absolute Gasteiger partial charge is 0.411 e. The van der Waals surface area contributed by atoms with Gasteiger partial charge in [-0.3, -0.25) is 0 Å². The maximum Gasteiger partial charge on any atom is 0.277 e. The molecule has 0 spiro atoms. The lowest BCUT2D eigenvalue weighted by atomic mass is 10.2. The SMILES string of the molecule is Brc1ccc(-c2nnc(SCc3nc(-c4ccccc4)no3)o2)cc1. The molecular weight excluding hydrogens is 404 g/mol. The highest BCUT2D eigenvalue weighted by Gasteiger charge is 2.13. The van der Waals surface area contributed by atoms with Crippen molar-refractivity contribution in [2.75, 3.05) is 0 Å². The highest BCUT2D eigenvalue weighted by Crippen LogP contribution is 2.26. The predicted octanol–water partition coefficient (Wildman–Crippen LogP) is 4.84. The Morgan fingerprint density at radius 1 is 0.920 bits per heavy atom. The molecule has 0 aliphatic heterocycles. The van der Waals surface area contributed by atoms with Gasteiger partial charge in [0.2, 0.25) is 17.6 Å². The van der Waals surface area contributed by atoms with Crippen molar-refractivity contribution in [1.82, 2.24) is 20.3 Å². The van der Waals surface area contributed by atoms with Gasteiger partial charge in [-0.25, -0.2) is 0 Å². The summed E-state index contributed by atoms with van der Waals surface area (Å²) in [6, 6.07) is 17.4. The van der Waals surface area contributed by atoms with Gasteiger partial charge in [0, 0.05) is 15.6 Å². The number of benzene rings is 2. The number of aromatic nitrogens is 4. The first kappa shape index (κ1) is 16.0. The molecule has 0 saturated heterocycles. The maximum absolute atomic E-state index is 5.66. The smallest absolute Gasteiger partial charge is 0.277 e. The van der Waals surface area contributed by atoms with E-state index in [9.17, 15) is 0 Å². The highest BCUT2D eigenvalue weighted by molar-refractivity contribution is 9.10. The lowest BCUT2D eigenvalue weighted by molar-refractivity contribution is 0.391. The fraction of sp³-hybridized carbons (Fsp3) is 0.0588. The lowest BCUT2D eigenvalue weighted by Gasteiger charge is -1.94. The zero-order chi connectivity index (χ0) is 17.1. The van der Waals surface area contributed by atoms with Crippen molar-refractivity contribution in [2.24, 2.45) is 0 Å². The van der Waals surface area contributed by atoms with Gasteiger partial charge >= 0.3 is 0 Å². The fourth-order valence-corrected chi connectivity index (χ4v) is 2.98. The van der Waals surface area contributed by atoms with Crippen molar-refractivity contribution >= 4 is 27.7 Å². The second kappa shape index (κ2) is 7.20. The Morgan fingerprint density at radius 3 is 2.52 bits per heavy atom. The minimum atomic E-state index is 0.456. The summed E-state index contributed by atoms with van der Waals surface area (Å²) in [4.78, 5) is 4.38. The van der Waals surface area contributed by atoms with Crippen molar-refractivity contribution < 1.29 is 8.94 Å². The van der Waals surface area contributed by atoms with Crippen LogP contribution in [0.1, 0.15) is 5.89 Å². The number of halogens is 1. The van der Waals surface area contributed by atoms with E-state index in [1.165, 1.54) is 11.8 Å². The van der Waals surface area contributed by atoms with Crippen LogP contribution >= 0.6 is 27.7 Å². The summed E-state index contributed by atoms with van der Waals surface area (Å²) >= 11 is 4.75. The highest BCUT2D eigenvalue weighted by atomic mass is 79.9. The molecule has 0 radical (unpaired) electrons. The number of thioether (sulfide) groups is 1. The van der Waals surface area contributed by atoms with Gasteiger partial charge < -0.3 is 8.94 Å². The number of hydrogen-bond donors (Lipinski definition) is 0. The van der Waals surface area contributed by atoms with Crippen LogP contribution in [0, 0.1) is 0 Å². The molecule has 25 heavy (non-hydrogen) atoms. The van der Waals surface area contributed by atoms with Crippen molar-refractivity contribution in [1.29, 1.82) is 0 Å². The molecule has 0 unspecified atom stereocenters. The molecule has 0 aliphatic carbocycles. The zero-order valence-corrected chi connectivity index (χ0v) is 15.2. The van der Waals surface area contributed by atoms with Crippen molar-refractivity contribution in [3.05, 3.63) is 65.0 Å². The molecule has 124 valence electrons. The molecule has 2 aromatic carbocycles. The fourth-order valence-electron chi connectivity index (χ4n) is 2.12. The van der Waals surface area contributed by atoms with Crippen molar-refractivity contribution in [2.45, 2.75) is 11.0 Å². The molecule has 6 nitrogen and oxygen atoms in total. The Kier molecular flexibility index (Phi) is 4.62. The van der Waals surface area contributed by atoms with Gasteiger partial charge in [-0.05, 0) is 24.3 Å². The van der Waals surface area contributed by atoms with Crippen molar-refractivity contribution in [3.8, 4) is 22.8 Å². The molecular formula is C17H11BrN4O2S. The van der Waals surface area contributed by atoms with Crippen LogP contribution < -0.4 is 0 Å². The first-order valence-electron chi connectivity index (χ1n) is 7.38. The molecule has 2 heterocycles. The molecule has 0 aliphatic rings. The third-order valence-electron chi connectivity index (χ3n) is 3.32. The van der Waals surface area contributed by atoms with Crippen LogP contribution in [0.15, 0.2) is 73.2 Å². The van der Waals surface area contributed by atoms with Crippen LogP contribution in [-0.4, -0.2) is 20.3 Å². The Morgan fingerprint density at radius 2 is 1.72 bits per heavy atom. The van der Waals surface area contributed by atoms with Crippen LogP contribution in [0.25, 0.3) is 22.8 Å². The molecule has 0 bridgehead atoms. The molecule has 0 N–H and O–H groups in total. The van der Waals surface area contributed by atoms with Gasteiger partial charge in [-0.15, -0.1) is 10.2 Å². The topological polar surface area (TPSA) is 77.8 Å². The Balaban J connectivity index is 1.42. The van der Waals surface area contributed by atoms with E-state index < -0.39 is 0 Å². The summed E-state index contributed by atoms with van der Waals surface area (Å²) in [5.41, 5.74) is 1.78. The average Bonchev–Trinajstić information content (AvgIpc) is 3.31. The normalized spacial score (nSPS) is 10.9. The summed E-state index contributed by atoms with van der Waals surface area (Å²) in [6.45, 7) is 0. The van der Waals surface area contributed by atoms with E-state index >= 15 is 0 Å². The Bertz CT molecular complexity index is 970. The molecule has 4 rings (SSSR count). The molecule has 0 atom stereocenters. The van der Waals surface area contributed by atoms with Gasteiger partial charge in [-0.2, -0.15) is 4.98 Å². The third-order valence-corrected chi connectivity index (χ3v) is 4.65. The summed E-state index contributed by atoms with van der Waals surface area (Å²) < 4.78 is 11.9. The van der Waals surface area contributed by atoms with Crippen LogP contribution in [-0.2, 0) is 5.75 Å². The van der Waals surface area contributed by atoms with Crippen LogP contribution in [0.5, 0.6) is 0 Å². The monoisotopic (exact) mass is 414 g/mol. The molecule has 0 fully saturated rings. The van der Waals surface area contributed by atoms with Crippen molar-refractivity contribution in [3.63, 3.8) is 0 Å². The quantitative estimate of drug-likeness (QED) is 0.432. The number of rotatable bonds is 5. The standard InChI is InChI=1S/C17H11BrN4O2S/c18-13-8-6-12(7-9-13)16-20-21-17(23-16)25-10-14-19-15(22-24-14)11-4-2-1-3-5-11/h1-9H,10H2. The average molecular weight is 415 g/mol. The van der Waals surface area contributed by atoms with Gasteiger partial charge in [0.1, 0.15) is 0 Å². The van der Waals surface area contributed by atoms with Gasteiger partial charge in [-0.1, -0.05) is 63.2 Å². The van der Waals surface area contributed by atoms with E-state index in [2.05, 4.69) is 36.3 Å². The third kappa shape index (κ3) is 3.80. The summed E-state index contributed by atoms with van der Waals surface area (Å²) in [7, 11) is 0. The maximum atomic E-state index is 5.66. The Hall–Kier alpha value is -2.45. The number of nitrogens with zero attached hydrogens (tertiary/aromatic N) is 4. The molecule has 2 aromatic heterocycles. The van der Waals surface area contributed by atoms with Crippen LogP contribution in [0.3, 0.4) is 0 Å². The Labute approximate surface area is 155 Å². The van der Waals surface area contributed by atoms with E-state index in [1.54, 1.807) is 0 Å². The summed E-state index contributed by atoms with van der Waals surface area (Å²) in [6.07, 6.45) is 0. The predicted molar refractivity (Wildman–Crippen MR) is 96.7 cm³/mol. The van der Waals surface area contributed by atoms with Crippen LogP contribution in [0.4, 0.5) is 0 Å². The van der Waals surface area contributed by atoms with Crippen LogP contribution in [0.2, 0.25) is 0 Å².